The molecule has 0 saturated heterocycles. The Balaban J connectivity index is 3.83. The fourth-order valence-corrected chi connectivity index (χ4v) is 1.49. The van der Waals surface area contributed by atoms with Gasteiger partial charge in [-0.2, -0.15) is 0 Å². The standard InChI is InChI=1S/C10H20O3/c1-4-6-7-9(5-2)8(3)13-10(11)12/h8-9H,4-7H2,1-3H3,(H,11,12). The van der Waals surface area contributed by atoms with Gasteiger partial charge in [-0.3, -0.25) is 0 Å². The van der Waals surface area contributed by atoms with Crippen LogP contribution in [-0.2, 0) is 4.74 Å². The summed E-state index contributed by atoms with van der Waals surface area (Å²) in [6.45, 7) is 6.04. The highest BCUT2D eigenvalue weighted by Gasteiger charge is 2.18. The molecule has 0 fully saturated rings. The lowest BCUT2D eigenvalue weighted by molar-refractivity contribution is 0.0300. The van der Waals surface area contributed by atoms with Gasteiger partial charge in [0.05, 0.1) is 0 Å². The molecule has 0 amide bonds. The minimum atomic E-state index is -1.16. The Morgan fingerprint density at radius 1 is 1.46 bits per heavy atom. The zero-order valence-electron chi connectivity index (χ0n) is 8.75. The number of unbranched alkanes of at least 4 members (excludes halogenated alkanes) is 1. The van der Waals surface area contributed by atoms with Gasteiger partial charge < -0.3 is 9.84 Å². The molecule has 0 rings (SSSR count). The molecule has 2 unspecified atom stereocenters. The van der Waals surface area contributed by atoms with Crippen LogP contribution in [0.5, 0.6) is 0 Å². The number of hydrogen-bond donors (Lipinski definition) is 1. The molecule has 0 aliphatic carbocycles. The van der Waals surface area contributed by atoms with Crippen molar-refractivity contribution in [2.45, 2.75) is 52.6 Å². The van der Waals surface area contributed by atoms with E-state index in [2.05, 4.69) is 13.8 Å². The average molecular weight is 188 g/mol. The van der Waals surface area contributed by atoms with Crippen LogP contribution in [0.25, 0.3) is 0 Å². The second-order valence-electron chi connectivity index (χ2n) is 3.40. The van der Waals surface area contributed by atoms with Crippen molar-refractivity contribution in [2.24, 2.45) is 5.92 Å². The molecule has 13 heavy (non-hydrogen) atoms. The topological polar surface area (TPSA) is 46.5 Å². The highest BCUT2D eigenvalue weighted by atomic mass is 16.7. The van der Waals surface area contributed by atoms with E-state index < -0.39 is 6.16 Å². The molecule has 1 N–H and O–H groups in total. The molecular formula is C10H20O3. The fourth-order valence-electron chi connectivity index (χ4n) is 1.49. The monoisotopic (exact) mass is 188 g/mol. The first-order valence-electron chi connectivity index (χ1n) is 5.01. The molecule has 2 atom stereocenters. The predicted octanol–water partition coefficient (Wildman–Crippen LogP) is 3.29. The second-order valence-corrected chi connectivity index (χ2v) is 3.40. The Morgan fingerprint density at radius 3 is 2.46 bits per heavy atom. The molecule has 0 aromatic heterocycles. The van der Waals surface area contributed by atoms with Crippen molar-refractivity contribution in [1.29, 1.82) is 0 Å². The minimum Gasteiger partial charge on any atom is -0.450 e. The maximum atomic E-state index is 10.3. The fraction of sp³-hybridized carbons (Fsp3) is 0.900. The number of ether oxygens (including phenoxy) is 1. The lowest BCUT2D eigenvalue weighted by Gasteiger charge is -2.21. The van der Waals surface area contributed by atoms with Gasteiger partial charge in [0.25, 0.3) is 0 Å². The Labute approximate surface area is 80.1 Å². The molecule has 0 radical (unpaired) electrons. The van der Waals surface area contributed by atoms with E-state index in [-0.39, 0.29) is 6.10 Å². The van der Waals surface area contributed by atoms with Gasteiger partial charge in [0, 0.05) is 0 Å². The van der Waals surface area contributed by atoms with Crippen LogP contribution >= 0.6 is 0 Å². The summed E-state index contributed by atoms with van der Waals surface area (Å²) < 4.78 is 4.72. The summed E-state index contributed by atoms with van der Waals surface area (Å²) in [7, 11) is 0. The molecule has 0 spiro atoms. The van der Waals surface area contributed by atoms with Gasteiger partial charge in [-0.15, -0.1) is 0 Å². The van der Waals surface area contributed by atoms with E-state index in [1.807, 2.05) is 6.92 Å². The Bertz CT molecular complexity index is 145. The predicted molar refractivity (Wildman–Crippen MR) is 51.9 cm³/mol. The van der Waals surface area contributed by atoms with Gasteiger partial charge in [-0.05, 0) is 25.7 Å². The molecule has 0 aromatic carbocycles. The smallest absolute Gasteiger partial charge is 0.450 e. The van der Waals surface area contributed by atoms with Gasteiger partial charge >= 0.3 is 6.16 Å². The first kappa shape index (κ1) is 12.3. The molecule has 0 bridgehead atoms. The maximum Gasteiger partial charge on any atom is 0.506 e. The zero-order valence-corrected chi connectivity index (χ0v) is 8.75. The van der Waals surface area contributed by atoms with Crippen LogP contribution in [0.1, 0.15) is 46.5 Å². The van der Waals surface area contributed by atoms with Crippen molar-refractivity contribution in [3.63, 3.8) is 0 Å². The van der Waals surface area contributed by atoms with E-state index in [1.54, 1.807) is 0 Å². The minimum absolute atomic E-state index is 0.172. The van der Waals surface area contributed by atoms with Crippen molar-refractivity contribution < 1.29 is 14.6 Å². The zero-order chi connectivity index (χ0) is 10.3. The summed E-state index contributed by atoms with van der Waals surface area (Å²) in [5.41, 5.74) is 0. The molecule has 0 aliphatic heterocycles. The summed E-state index contributed by atoms with van der Waals surface area (Å²) >= 11 is 0. The largest absolute Gasteiger partial charge is 0.506 e. The third kappa shape index (κ3) is 5.50. The van der Waals surface area contributed by atoms with Crippen molar-refractivity contribution in [2.75, 3.05) is 0 Å². The van der Waals surface area contributed by atoms with Gasteiger partial charge in [-0.1, -0.05) is 26.7 Å². The highest BCUT2D eigenvalue weighted by molar-refractivity contribution is 5.57. The van der Waals surface area contributed by atoms with Gasteiger partial charge in [0.15, 0.2) is 0 Å². The van der Waals surface area contributed by atoms with Crippen LogP contribution in [-0.4, -0.2) is 17.4 Å². The molecule has 0 saturated carbocycles. The van der Waals surface area contributed by atoms with E-state index in [0.29, 0.717) is 5.92 Å². The molecule has 0 heterocycles. The van der Waals surface area contributed by atoms with Crippen LogP contribution in [0.2, 0.25) is 0 Å². The van der Waals surface area contributed by atoms with Crippen LogP contribution in [0, 0.1) is 5.92 Å². The van der Waals surface area contributed by atoms with Crippen LogP contribution < -0.4 is 0 Å². The summed E-state index contributed by atoms with van der Waals surface area (Å²) in [6, 6.07) is 0. The number of hydrogen-bond acceptors (Lipinski definition) is 2. The molecule has 0 aliphatic rings. The van der Waals surface area contributed by atoms with E-state index in [1.165, 1.54) is 0 Å². The third-order valence-corrected chi connectivity index (χ3v) is 2.40. The van der Waals surface area contributed by atoms with Gasteiger partial charge in [-0.25, -0.2) is 4.79 Å². The quantitative estimate of drug-likeness (QED) is 0.650. The Hall–Kier alpha value is -0.730. The van der Waals surface area contributed by atoms with Crippen molar-refractivity contribution >= 4 is 6.16 Å². The second kappa shape index (κ2) is 6.75. The molecule has 3 heteroatoms. The summed E-state index contributed by atoms with van der Waals surface area (Å²) in [6.07, 6.45) is 2.99. The van der Waals surface area contributed by atoms with E-state index in [4.69, 9.17) is 9.84 Å². The van der Waals surface area contributed by atoms with Gasteiger partial charge in [0.1, 0.15) is 6.10 Å². The third-order valence-electron chi connectivity index (χ3n) is 2.40. The van der Waals surface area contributed by atoms with Crippen molar-refractivity contribution in [3.8, 4) is 0 Å². The number of carbonyl (C=O) groups is 1. The molecule has 0 aromatic rings. The SMILES string of the molecule is CCCCC(CC)C(C)OC(=O)O. The van der Waals surface area contributed by atoms with E-state index >= 15 is 0 Å². The Kier molecular flexibility index (Phi) is 6.37. The summed E-state index contributed by atoms with van der Waals surface area (Å²) in [4.78, 5) is 10.3. The van der Waals surface area contributed by atoms with Crippen LogP contribution in [0.4, 0.5) is 4.79 Å². The van der Waals surface area contributed by atoms with Crippen LogP contribution in [0.15, 0.2) is 0 Å². The highest BCUT2D eigenvalue weighted by Crippen LogP contribution is 2.19. The number of carboxylic acid groups (broad SMARTS) is 1. The normalized spacial score (nSPS) is 15.0. The summed E-state index contributed by atoms with van der Waals surface area (Å²) in [5.74, 6) is 0.371. The van der Waals surface area contributed by atoms with Crippen molar-refractivity contribution in [3.05, 3.63) is 0 Å². The number of rotatable bonds is 6. The molecule has 78 valence electrons. The lowest BCUT2D eigenvalue weighted by atomic mass is 9.94. The maximum absolute atomic E-state index is 10.3. The summed E-state index contributed by atoms with van der Waals surface area (Å²) in [5, 5.41) is 8.43. The lowest BCUT2D eigenvalue weighted by Crippen LogP contribution is -2.22. The Morgan fingerprint density at radius 2 is 2.08 bits per heavy atom. The van der Waals surface area contributed by atoms with E-state index in [9.17, 15) is 4.79 Å². The van der Waals surface area contributed by atoms with Gasteiger partial charge in [0.2, 0.25) is 0 Å². The average Bonchev–Trinajstić information content (AvgIpc) is 2.04. The van der Waals surface area contributed by atoms with Crippen LogP contribution in [0.3, 0.4) is 0 Å². The molecule has 3 nitrogen and oxygen atoms in total. The van der Waals surface area contributed by atoms with Crippen molar-refractivity contribution in [1.82, 2.24) is 0 Å². The first-order valence-corrected chi connectivity index (χ1v) is 5.01. The first-order chi connectivity index (χ1) is 6.11. The molecular weight excluding hydrogens is 168 g/mol. The van der Waals surface area contributed by atoms with E-state index in [0.717, 1.165) is 25.7 Å².